The second kappa shape index (κ2) is 9.15. The molecule has 1 aliphatic carbocycles. The lowest BCUT2D eigenvalue weighted by atomic mass is 9.91. The zero-order valence-electron chi connectivity index (χ0n) is 17.6. The summed E-state index contributed by atoms with van der Waals surface area (Å²) in [5.74, 6) is 2.07. The number of nitrogens with two attached hydrogens (primary N) is 1. The van der Waals surface area contributed by atoms with E-state index in [9.17, 15) is 0 Å². The van der Waals surface area contributed by atoms with Crippen molar-refractivity contribution in [3.8, 4) is 0 Å². The highest BCUT2D eigenvalue weighted by Gasteiger charge is 2.20. The highest BCUT2D eigenvalue weighted by atomic mass is 35.5. The number of benzene rings is 2. The van der Waals surface area contributed by atoms with Gasteiger partial charge in [-0.3, -0.25) is 0 Å². The molecule has 0 atom stereocenters. The van der Waals surface area contributed by atoms with Gasteiger partial charge in [0.1, 0.15) is 5.82 Å². The van der Waals surface area contributed by atoms with Crippen LogP contribution in [0.4, 0.5) is 5.82 Å². The number of aromatic nitrogens is 2. The Balaban J connectivity index is 1.69. The molecule has 3 aromatic rings. The molecule has 4 rings (SSSR count). The molecule has 1 saturated carbocycles. The van der Waals surface area contributed by atoms with Crippen molar-refractivity contribution in [2.24, 2.45) is 5.73 Å². The van der Waals surface area contributed by atoms with Gasteiger partial charge < -0.3 is 11.1 Å². The van der Waals surface area contributed by atoms with Gasteiger partial charge in [0.2, 0.25) is 0 Å². The molecule has 2 aromatic carbocycles. The van der Waals surface area contributed by atoms with Gasteiger partial charge in [0, 0.05) is 22.5 Å². The number of halogens is 1. The quantitative estimate of drug-likeness (QED) is 0.511. The fraction of sp³-hybridized carbons (Fsp3) is 0.360. The summed E-state index contributed by atoms with van der Waals surface area (Å²) >= 11 is 5.99. The lowest BCUT2D eigenvalue weighted by molar-refractivity contribution is 0.410. The average Bonchev–Trinajstić information content (AvgIpc) is 2.74. The second-order valence-electron chi connectivity index (χ2n) is 8.50. The Morgan fingerprint density at radius 1 is 1.00 bits per heavy atom. The molecular formula is C25H29ClN4. The lowest BCUT2D eigenvalue weighted by Gasteiger charge is -2.27. The molecule has 1 fully saturated rings. The Bertz CT molecular complexity index is 1030. The van der Waals surface area contributed by atoms with E-state index in [2.05, 4.69) is 37.4 Å². The summed E-state index contributed by atoms with van der Waals surface area (Å²) in [6.45, 7) is 4.42. The molecule has 0 aliphatic heterocycles. The molecule has 0 spiro atoms. The maximum atomic E-state index is 6.09. The van der Waals surface area contributed by atoms with Crippen LogP contribution in [0.3, 0.4) is 0 Å². The third kappa shape index (κ3) is 5.00. The average molecular weight is 421 g/mol. The summed E-state index contributed by atoms with van der Waals surface area (Å²) in [5, 5.41) is 5.51. The first kappa shape index (κ1) is 20.8. The lowest BCUT2D eigenvalue weighted by Crippen LogP contribution is -2.33. The van der Waals surface area contributed by atoms with E-state index >= 15 is 0 Å². The topological polar surface area (TPSA) is 63.8 Å². The van der Waals surface area contributed by atoms with Crippen molar-refractivity contribution in [3.05, 3.63) is 64.4 Å². The summed E-state index contributed by atoms with van der Waals surface area (Å²) in [5.41, 5.74) is 9.41. The smallest absolute Gasteiger partial charge is 0.154 e. The molecular weight excluding hydrogens is 392 g/mol. The van der Waals surface area contributed by atoms with E-state index in [1.54, 1.807) is 0 Å². The predicted octanol–water partition coefficient (Wildman–Crippen LogP) is 6.26. The Kier molecular flexibility index (Phi) is 6.35. The first-order chi connectivity index (χ1) is 14.5. The van der Waals surface area contributed by atoms with Gasteiger partial charge in [-0.25, -0.2) is 9.97 Å². The van der Waals surface area contributed by atoms with Gasteiger partial charge in [-0.1, -0.05) is 49.7 Å². The van der Waals surface area contributed by atoms with E-state index in [1.807, 2.05) is 36.4 Å². The minimum atomic E-state index is 0.329. The van der Waals surface area contributed by atoms with E-state index in [0.717, 1.165) is 53.0 Å². The van der Waals surface area contributed by atoms with E-state index < -0.39 is 0 Å². The van der Waals surface area contributed by atoms with E-state index in [4.69, 9.17) is 27.3 Å². The van der Waals surface area contributed by atoms with Gasteiger partial charge in [0.05, 0.1) is 5.52 Å². The van der Waals surface area contributed by atoms with Gasteiger partial charge in [0.15, 0.2) is 5.82 Å². The van der Waals surface area contributed by atoms with Crippen molar-refractivity contribution < 1.29 is 0 Å². The molecule has 156 valence electrons. The van der Waals surface area contributed by atoms with Crippen molar-refractivity contribution in [1.29, 1.82) is 0 Å². The molecule has 1 heterocycles. The van der Waals surface area contributed by atoms with Crippen LogP contribution in [0.1, 0.15) is 62.4 Å². The van der Waals surface area contributed by atoms with Crippen molar-refractivity contribution in [3.63, 3.8) is 0 Å². The molecule has 0 unspecified atom stereocenters. The number of fused-ring (bicyclic) bond motifs is 1. The van der Waals surface area contributed by atoms with E-state index in [1.165, 1.54) is 5.56 Å². The molecule has 4 nitrogen and oxygen atoms in total. The third-order valence-corrected chi connectivity index (χ3v) is 6.06. The minimum Gasteiger partial charge on any atom is -0.367 e. The summed E-state index contributed by atoms with van der Waals surface area (Å²) in [6.07, 6.45) is 8.24. The van der Waals surface area contributed by atoms with Crippen LogP contribution < -0.4 is 11.1 Å². The van der Waals surface area contributed by atoms with E-state index in [-0.39, 0.29) is 0 Å². The highest BCUT2D eigenvalue weighted by Crippen LogP contribution is 2.28. The molecule has 30 heavy (non-hydrogen) atoms. The summed E-state index contributed by atoms with van der Waals surface area (Å²) in [4.78, 5) is 9.67. The third-order valence-electron chi connectivity index (χ3n) is 5.81. The van der Waals surface area contributed by atoms with Crippen molar-refractivity contribution >= 4 is 40.5 Å². The summed E-state index contributed by atoms with van der Waals surface area (Å²) < 4.78 is 0. The Morgan fingerprint density at radius 2 is 1.73 bits per heavy atom. The number of nitrogens with zero attached hydrogens (tertiary/aromatic N) is 2. The van der Waals surface area contributed by atoms with Crippen LogP contribution in [0, 0.1) is 0 Å². The van der Waals surface area contributed by atoms with Crippen LogP contribution in [-0.4, -0.2) is 22.1 Å². The molecule has 1 aliphatic rings. The van der Waals surface area contributed by atoms with Crippen LogP contribution >= 0.6 is 11.6 Å². The number of nitrogens with one attached hydrogen (secondary N) is 1. The fourth-order valence-electron chi connectivity index (χ4n) is 3.91. The molecule has 3 N–H and O–H groups in total. The number of hydrogen-bond donors (Lipinski definition) is 2. The van der Waals surface area contributed by atoms with Crippen LogP contribution in [0.25, 0.3) is 23.1 Å². The Labute approximate surface area is 183 Å². The van der Waals surface area contributed by atoms with Gasteiger partial charge in [0.25, 0.3) is 0 Å². The van der Waals surface area contributed by atoms with Crippen LogP contribution in [0.5, 0.6) is 0 Å². The van der Waals surface area contributed by atoms with Gasteiger partial charge >= 0.3 is 0 Å². The Hall–Kier alpha value is -2.43. The number of rotatable bonds is 5. The molecule has 0 radical (unpaired) electrons. The van der Waals surface area contributed by atoms with Crippen LogP contribution in [0.15, 0.2) is 42.5 Å². The largest absolute Gasteiger partial charge is 0.367 e. The monoisotopic (exact) mass is 420 g/mol. The van der Waals surface area contributed by atoms with E-state index in [0.29, 0.717) is 23.8 Å². The SMILES string of the molecule is CC(C)c1ccc2nc(C=Cc3ccc(Cl)cc3)nc(NC3CCC(N)CC3)c2c1. The van der Waals surface area contributed by atoms with Crippen molar-refractivity contribution in [2.45, 2.75) is 57.5 Å². The van der Waals surface area contributed by atoms with Gasteiger partial charge in [-0.2, -0.15) is 0 Å². The second-order valence-corrected chi connectivity index (χ2v) is 8.94. The van der Waals surface area contributed by atoms with Crippen LogP contribution in [0.2, 0.25) is 5.02 Å². The van der Waals surface area contributed by atoms with Crippen LogP contribution in [-0.2, 0) is 0 Å². The molecule has 0 saturated heterocycles. The minimum absolute atomic E-state index is 0.329. The first-order valence-corrected chi connectivity index (χ1v) is 11.1. The zero-order chi connectivity index (χ0) is 21.1. The fourth-order valence-corrected chi connectivity index (χ4v) is 4.04. The Morgan fingerprint density at radius 3 is 2.43 bits per heavy atom. The zero-order valence-corrected chi connectivity index (χ0v) is 18.4. The normalized spacial score (nSPS) is 19.6. The van der Waals surface area contributed by atoms with Crippen molar-refractivity contribution in [2.75, 3.05) is 5.32 Å². The van der Waals surface area contributed by atoms with Crippen molar-refractivity contribution in [1.82, 2.24) is 9.97 Å². The standard InChI is InChI=1S/C25H29ClN4/c1-16(2)18-6-13-23-22(15-18)25(28-21-11-9-20(27)10-12-21)30-24(29-23)14-5-17-3-7-19(26)8-4-17/h3-8,13-16,20-21H,9-12,27H2,1-2H3,(H,28,29,30). The first-order valence-electron chi connectivity index (χ1n) is 10.8. The maximum absolute atomic E-state index is 6.09. The number of hydrogen-bond acceptors (Lipinski definition) is 4. The molecule has 0 bridgehead atoms. The maximum Gasteiger partial charge on any atom is 0.154 e. The summed E-state index contributed by atoms with van der Waals surface area (Å²) in [6, 6.07) is 15.0. The predicted molar refractivity (Wildman–Crippen MR) is 128 cm³/mol. The molecule has 1 aromatic heterocycles. The highest BCUT2D eigenvalue weighted by molar-refractivity contribution is 6.30. The summed E-state index contributed by atoms with van der Waals surface area (Å²) in [7, 11) is 0. The van der Waals surface area contributed by atoms with Gasteiger partial charge in [-0.05, 0) is 73.1 Å². The molecule has 5 heteroatoms. The molecule has 0 amide bonds. The van der Waals surface area contributed by atoms with Gasteiger partial charge in [-0.15, -0.1) is 0 Å². The number of anilines is 1.